The van der Waals surface area contributed by atoms with Crippen molar-refractivity contribution in [2.75, 3.05) is 26.8 Å². The van der Waals surface area contributed by atoms with Crippen LogP contribution in [0.1, 0.15) is 26.2 Å². The molecule has 88 valence electrons. The topological polar surface area (TPSA) is 49.8 Å². The average molecular weight is 215 g/mol. The van der Waals surface area contributed by atoms with Gasteiger partial charge in [0.05, 0.1) is 0 Å². The van der Waals surface area contributed by atoms with E-state index < -0.39 is 5.97 Å². The van der Waals surface area contributed by atoms with Gasteiger partial charge in [0.15, 0.2) is 0 Å². The highest BCUT2D eigenvalue weighted by Gasteiger charge is 2.28. The molecule has 2 atom stereocenters. The number of piperidine rings is 1. The van der Waals surface area contributed by atoms with Crippen molar-refractivity contribution in [2.45, 2.75) is 32.2 Å². The Morgan fingerprint density at radius 2 is 2.33 bits per heavy atom. The minimum absolute atomic E-state index is 0.280. The Morgan fingerprint density at radius 3 is 2.93 bits per heavy atom. The summed E-state index contributed by atoms with van der Waals surface area (Å²) in [6, 6.07) is -0.280. The van der Waals surface area contributed by atoms with Gasteiger partial charge in [-0.05, 0) is 25.3 Å². The second kappa shape index (κ2) is 6.08. The van der Waals surface area contributed by atoms with Crippen molar-refractivity contribution >= 4 is 5.97 Å². The van der Waals surface area contributed by atoms with Crippen molar-refractivity contribution in [3.8, 4) is 0 Å². The van der Waals surface area contributed by atoms with Crippen LogP contribution in [-0.4, -0.2) is 48.8 Å². The molecule has 0 aliphatic carbocycles. The summed E-state index contributed by atoms with van der Waals surface area (Å²) in [7, 11) is 1.68. The number of nitrogens with zero attached hydrogens (tertiary/aromatic N) is 1. The summed E-state index contributed by atoms with van der Waals surface area (Å²) in [5.74, 6) is -0.283. The van der Waals surface area contributed by atoms with Crippen LogP contribution >= 0.6 is 0 Å². The zero-order valence-electron chi connectivity index (χ0n) is 9.61. The van der Waals surface area contributed by atoms with Gasteiger partial charge in [-0.25, -0.2) is 0 Å². The summed E-state index contributed by atoms with van der Waals surface area (Å²) >= 11 is 0. The van der Waals surface area contributed by atoms with Gasteiger partial charge in [0.25, 0.3) is 0 Å². The molecule has 1 saturated heterocycles. The third kappa shape index (κ3) is 3.80. The van der Waals surface area contributed by atoms with Crippen LogP contribution in [0.3, 0.4) is 0 Å². The minimum Gasteiger partial charge on any atom is -0.480 e. The van der Waals surface area contributed by atoms with E-state index in [1.807, 2.05) is 0 Å². The lowest BCUT2D eigenvalue weighted by molar-refractivity contribution is -0.145. The van der Waals surface area contributed by atoms with Crippen LogP contribution < -0.4 is 0 Å². The maximum atomic E-state index is 11.0. The number of carbonyl (C=O) groups is 1. The third-order valence-corrected chi connectivity index (χ3v) is 2.90. The molecular formula is C11H21NO3. The number of methoxy groups -OCH3 is 1. The van der Waals surface area contributed by atoms with Crippen molar-refractivity contribution in [1.82, 2.24) is 4.90 Å². The van der Waals surface area contributed by atoms with Crippen LogP contribution in [0.4, 0.5) is 0 Å². The Bertz CT molecular complexity index is 208. The fraction of sp³-hybridized carbons (Fsp3) is 0.909. The van der Waals surface area contributed by atoms with E-state index in [1.54, 1.807) is 7.11 Å². The number of aliphatic carboxylic acids is 1. The molecule has 0 aromatic carbocycles. The largest absolute Gasteiger partial charge is 0.480 e. The van der Waals surface area contributed by atoms with E-state index in [1.165, 1.54) is 0 Å². The molecule has 15 heavy (non-hydrogen) atoms. The Balaban J connectivity index is 2.45. The first kappa shape index (κ1) is 12.5. The summed E-state index contributed by atoms with van der Waals surface area (Å²) in [5, 5.41) is 9.08. The molecule has 0 spiro atoms. The standard InChI is InChI=1S/C11H21NO3/c1-9(8-15-2)7-12-6-4-3-5-10(12)11(13)14/h9-10H,3-8H2,1-2H3,(H,13,14). The van der Waals surface area contributed by atoms with Crippen LogP contribution in [0.25, 0.3) is 0 Å². The molecule has 4 heteroatoms. The number of hydrogen-bond acceptors (Lipinski definition) is 3. The molecule has 0 aromatic rings. The maximum absolute atomic E-state index is 11.0. The Hall–Kier alpha value is -0.610. The highest BCUT2D eigenvalue weighted by molar-refractivity contribution is 5.73. The molecule has 4 nitrogen and oxygen atoms in total. The van der Waals surface area contributed by atoms with Gasteiger partial charge in [-0.3, -0.25) is 9.69 Å². The number of carboxylic acids is 1. The Kier molecular flexibility index (Phi) is 5.05. The number of likely N-dealkylation sites (tertiary alicyclic amines) is 1. The predicted molar refractivity (Wildman–Crippen MR) is 57.9 cm³/mol. The average Bonchev–Trinajstić information content (AvgIpc) is 2.18. The number of hydrogen-bond donors (Lipinski definition) is 1. The Labute approximate surface area is 91.2 Å². The van der Waals surface area contributed by atoms with Crippen LogP contribution in [0.15, 0.2) is 0 Å². The van der Waals surface area contributed by atoms with Gasteiger partial charge in [-0.2, -0.15) is 0 Å². The minimum atomic E-state index is -0.681. The number of rotatable bonds is 5. The van der Waals surface area contributed by atoms with E-state index in [0.717, 1.165) is 32.4 Å². The molecule has 0 saturated carbocycles. The highest BCUT2D eigenvalue weighted by Crippen LogP contribution is 2.18. The van der Waals surface area contributed by atoms with Crippen LogP contribution in [-0.2, 0) is 9.53 Å². The van der Waals surface area contributed by atoms with Crippen molar-refractivity contribution in [2.24, 2.45) is 5.92 Å². The first-order valence-electron chi connectivity index (χ1n) is 5.61. The van der Waals surface area contributed by atoms with E-state index in [0.29, 0.717) is 12.5 Å². The van der Waals surface area contributed by atoms with E-state index >= 15 is 0 Å². The van der Waals surface area contributed by atoms with Gasteiger partial charge < -0.3 is 9.84 Å². The van der Waals surface area contributed by atoms with Crippen LogP contribution in [0.5, 0.6) is 0 Å². The number of carboxylic acid groups (broad SMARTS) is 1. The summed E-state index contributed by atoms with van der Waals surface area (Å²) in [4.78, 5) is 13.1. The number of ether oxygens (including phenoxy) is 1. The van der Waals surface area contributed by atoms with Gasteiger partial charge in [0.2, 0.25) is 0 Å². The molecule has 1 aliphatic heterocycles. The first-order valence-corrected chi connectivity index (χ1v) is 5.61. The second-order valence-electron chi connectivity index (χ2n) is 4.41. The lowest BCUT2D eigenvalue weighted by atomic mass is 10.0. The maximum Gasteiger partial charge on any atom is 0.320 e. The predicted octanol–water partition coefficient (Wildman–Crippen LogP) is 1.21. The molecule has 1 aliphatic rings. The lowest BCUT2D eigenvalue weighted by Crippen LogP contribution is -2.46. The SMILES string of the molecule is COCC(C)CN1CCCCC1C(=O)O. The lowest BCUT2D eigenvalue weighted by Gasteiger charge is -2.34. The molecule has 1 N–H and O–H groups in total. The van der Waals surface area contributed by atoms with Crippen LogP contribution in [0.2, 0.25) is 0 Å². The zero-order valence-corrected chi connectivity index (χ0v) is 9.61. The quantitative estimate of drug-likeness (QED) is 0.749. The molecule has 0 radical (unpaired) electrons. The monoisotopic (exact) mass is 215 g/mol. The van der Waals surface area contributed by atoms with Crippen molar-refractivity contribution in [3.05, 3.63) is 0 Å². The van der Waals surface area contributed by atoms with Gasteiger partial charge in [-0.1, -0.05) is 13.3 Å². The summed E-state index contributed by atoms with van der Waals surface area (Å²) in [6.45, 7) is 4.52. The Morgan fingerprint density at radius 1 is 1.60 bits per heavy atom. The van der Waals surface area contributed by atoms with Crippen LogP contribution in [0, 0.1) is 5.92 Å². The van der Waals surface area contributed by atoms with Gasteiger partial charge in [0, 0.05) is 20.3 Å². The third-order valence-electron chi connectivity index (χ3n) is 2.90. The van der Waals surface area contributed by atoms with Gasteiger partial charge in [0.1, 0.15) is 6.04 Å². The van der Waals surface area contributed by atoms with E-state index in [4.69, 9.17) is 9.84 Å². The first-order chi connectivity index (χ1) is 7.15. The zero-order chi connectivity index (χ0) is 11.3. The molecule has 0 amide bonds. The molecule has 1 heterocycles. The molecule has 0 aromatic heterocycles. The van der Waals surface area contributed by atoms with E-state index in [-0.39, 0.29) is 6.04 Å². The van der Waals surface area contributed by atoms with E-state index in [2.05, 4.69) is 11.8 Å². The van der Waals surface area contributed by atoms with Crippen molar-refractivity contribution in [3.63, 3.8) is 0 Å². The summed E-state index contributed by atoms with van der Waals surface area (Å²) in [6.07, 6.45) is 2.94. The normalized spacial score (nSPS) is 25.1. The molecule has 0 bridgehead atoms. The fourth-order valence-corrected chi connectivity index (χ4v) is 2.23. The highest BCUT2D eigenvalue weighted by atomic mass is 16.5. The fourth-order valence-electron chi connectivity index (χ4n) is 2.23. The van der Waals surface area contributed by atoms with Gasteiger partial charge in [-0.15, -0.1) is 0 Å². The molecule has 1 fully saturated rings. The molecule has 2 unspecified atom stereocenters. The smallest absolute Gasteiger partial charge is 0.320 e. The van der Waals surface area contributed by atoms with Gasteiger partial charge >= 0.3 is 5.97 Å². The molecule has 1 rings (SSSR count). The summed E-state index contributed by atoms with van der Waals surface area (Å²) in [5.41, 5.74) is 0. The summed E-state index contributed by atoms with van der Waals surface area (Å²) < 4.78 is 5.07. The second-order valence-corrected chi connectivity index (χ2v) is 4.41. The van der Waals surface area contributed by atoms with E-state index in [9.17, 15) is 4.79 Å². The van der Waals surface area contributed by atoms with Crippen molar-refractivity contribution < 1.29 is 14.6 Å². The molecular weight excluding hydrogens is 194 g/mol. The van der Waals surface area contributed by atoms with Crippen molar-refractivity contribution in [1.29, 1.82) is 0 Å².